The topological polar surface area (TPSA) is 29.9 Å². The van der Waals surface area contributed by atoms with E-state index in [2.05, 4.69) is 38.1 Å². The molecule has 1 unspecified atom stereocenters. The van der Waals surface area contributed by atoms with Crippen molar-refractivity contribution in [1.82, 2.24) is 15.1 Å². The van der Waals surface area contributed by atoms with Gasteiger partial charge in [-0.15, -0.1) is 0 Å². The van der Waals surface area contributed by atoms with Crippen molar-refractivity contribution in [2.24, 2.45) is 5.92 Å². The monoisotopic (exact) mass is 247 g/mol. The molecule has 1 N–H and O–H groups in total. The number of rotatable bonds is 3. The van der Waals surface area contributed by atoms with Gasteiger partial charge in [0.2, 0.25) is 0 Å². The van der Waals surface area contributed by atoms with Crippen LogP contribution in [0.25, 0.3) is 11.1 Å². The summed E-state index contributed by atoms with van der Waals surface area (Å²) in [5.41, 5.74) is 2.51. The maximum absolute atomic E-state index is 4.46. The second kappa shape index (κ2) is 5.02. The van der Waals surface area contributed by atoms with Gasteiger partial charge in [0, 0.05) is 18.3 Å². The summed E-state index contributed by atoms with van der Waals surface area (Å²) in [6.07, 6.45) is 6.75. The summed E-state index contributed by atoms with van der Waals surface area (Å²) in [5, 5.41) is 12.2. The molecule has 17 heavy (non-hydrogen) atoms. The highest BCUT2D eigenvalue weighted by Crippen LogP contribution is 2.22. The van der Waals surface area contributed by atoms with E-state index in [-0.39, 0.29) is 0 Å². The van der Waals surface area contributed by atoms with Gasteiger partial charge in [0.05, 0.1) is 6.20 Å². The van der Waals surface area contributed by atoms with E-state index in [1.165, 1.54) is 30.5 Å². The zero-order valence-corrected chi connectivity index (χ0v) is 10.6. The van der Waals surface area contributed by atoms with E-state index in [4.69, 9.17) is 0 Å². The zero-order valence-electron chi connectivity index (χ0n) is 9.80. The molecule has 0 aliphatic carbocycles. The maximum Gasteiger partial charge on any atom is 0.0568 e. The van der Waals surface area contributed by atoms with Crippen molar-refractivity contribution in [2.45, 2.75) is 19.4 Å². The van der Waals surface area contributed by atoms with Crippen LogP contribution in [0.1, 0.15) is 12.8 Å². The third kappa shape index (κ3) is 2.58. The predicted octanol–water partition coefficient (Wildman–Crippen LogP) is 2.61. The minimum atomic E-state index is 0.735. The molecule has 0 radical (unpaired) electrons. The van der Waals surface area contributed by atoms with E-state index in [1.807, 2.05) is 6.20 Å². The molecule has 0 spiro atoms. The minimum Gasteiger partial charge on any atom is -0.316 e. The lowest BCUT2D eigenvalue weighted by Gasteiger charge is -2.22. The van der Waals surface area contributed by atoms with E-state index >= 15 is 0 Å². The Morgan fingerprint density at radius 2 is 2.47 bits per heavy atom. The molecular weight excluding hydrogens is 230 g/mol. The molecule has 1 fully saturated rings. The van der Waals surface area contributed by atoms with Crippen LogP contribution in [0.15, 0.2) is 29.2 Å². The number of hydrogen-bond acceptors (Lipinski definition) is 3. The first-order valence-electron chi connectivity index (χ1n) is 6.17. The van der Waals surface area contributed by atoms with Gasteiger partial charge in [-0.1, -0.05) is 0 Å². The van der Waals surface area contributed by atoms with Crippen LogP contribution >= 0.6 is 11.3 Å². The molecular formula is C13H17N3S. The Morgan fingerprint density at radius 3 is 3.24 bits per heavy atom. The average Bonchev–Trinajstić information content (AvgIpc) is 3.00. The highest BCUT2D eigenvalue weighted by atomic mass is 32.1. The number of aromatic nitrogens is 2. The van der Waals surface area contributed by atoms with Crippen LogP contribution in [-0.4, -0.2) is 22.9 Å². The summed E-state index contributed by atoms with van der Waals surface area (Å²) in [7, 11) is 0. The van der Waals surface area contributed by atoms with Crippen molar-refractivity contribution in [2.75, 3.05) is 13.1 Å². The van der Waals surface area contributed by atoms with Gasteiger partial charge < -0.3 is 5.32 Å². The second-order valence-corrected chi connectivity index (χ2v) is 5.46. The fraction of sp³-hybridized carbons (Fsp3) is 0.462. The lowest BCUT2D eigenvalue weighted by Crippen LogP contribution is -2.32. The summed E-state index contributed by atoms with van der Waals surface area (Å²) < 4.78 is 2.09. The average molecular weight is 247 g/mol. The molecule has 3 rings (SSSR count). The number of nitrogens with one attached hydrogen (secondary N) is 1. The van der Waals surface area contributed by atoms with Crippen LogP contribution in [0.5, 0.6) is 0 Å². The summed E-state index contributed by atoms with van der Waals surface area (Å²) in [6, 6.07) is 2.15. The Bertz CT molecular complexity index is 455. The van der Waals surface area contributed by atoms with Crippen LogP contribution in [0.2, 0.25) is 0 Å². The van der Waals surface area contributed by atoms with Gasteiger partial charge in [0.1, 0.15) is 0 Å². The van der Waals surface area contributed by atoms with E-state index in [1.54, 1.807) is 11.3 Å². The van der Waals surface area contributed by atoms with Crippen molar-refractivity contribution in [3.05, 3.63) is 29.2 Å². The molecule has 1 aliphatic rings. The Labute approximate surface area is 105 Å². The fourth-order valence-corrected chi connectivity index (χ4v) is 3.05. The first-order chi connectivity index (χ1) is 8.42. The standard InChI is InChI=1S/C13H17N3S/c1-2-11(6-14-4-1)8-16-9-13(7-15-16)12-3-5-17-10-12/h3,5,7,9-11,14H,1-2,4,6,8H2. The molecule has 2 aromatic rings. The molecule has 1 atom stereocenters. The predicted molar refractivity (Wildman–Crippen MR) is 71.1 cm³/mol. The van der Waals surface area contributed by atoms with Gasteiger partial charge in [0.15, 0.2) is 0 Å². The van der Waals surface area contributed by atoms with E-state index in [0.29, 0.717) is 0 Å². The highest BCUT2D eigenvalue weighted by Gasteiger charge is 2.14. The highest BCUT2D eigenvalue weighted by molar-refractivity contribution is 7.08. The number of nitrogens with zero attached hydrogens (tertiary/aromatic N) is 2. The summed E-state index contributed by atoms with van der Waals surface area (Å²) in [5.74, 6) is 0.735. The van der Waals surface area contributed by atoms with Crippen LogP contribution < -0.4 is 5.32 Å². The quantitative estimate of drug-likeness (QED) is 0.903. The SMILES string of the molecule is c1cc(-c2cnn(CC3CCCNC3)c2)cs1. The van der Waals surface area contributed by atoms with Crippen LogP contribution in [0.3, 0.4) is 0 Å². The molecule has 2 aromatic heterocycles. The smallest absolute Gasteiger partial charge is 0.0568 e. The van der Waals surface area contributed by atoms with Crippen molar-refractivity contribution in [3.8, 4) is 11.1 Å². The first-order valence-corrected chi connectivity index (χ1v) is 7.12. The van der Waals surface area contributed by atoms with Crippen molar-refractivity contribution in [1.29, 1.82) is 0 Å². The number of piperidine rings is 1. The van der Waals surface area contributed by atoms with E-state index in [9.17, 15) is 0 Å². The van der Waals surface area contributed by atoms with Crippen molar-refractivity contribution >= 4 is 11.3 Å². The molecule has 90 valence electrons. The number of thiophene rings is 1. The minimum absolute atomic E-state index is 0.735. The molecule has 3 nitrogen and oxygen atoms in total. The molecule has 0 bridgehead atoms. The van der Waals surface area contributed by atoms with Gasteiger partial charge >= 0.3 is 0 Å². The van der Waals surface area contributed by atoms with E-state index < -0.39 is 0 Å². The molecule has 0 aromatic carbocycles. The largest absolute Gasteiger partial charge is 0.316 e. The van der Waals surface area contributed by atoms with Gasteiger partial charge in [-0.05, 0) is 54.2 Å². The van der Waals surface area contributed by atoms with Gasteiger partial charge in [-0.3, -0.25) is 4.68 Å². The third-order valence-electron chi connectivity index (χ3n) is 3.33. The Morgan fingerprint density at radius 1 is 1.47 bits per heavy atom. The van der Waals surface area contributed by atoms with Gasteiger partial charge in [0.25, 0.3) is 0 Å². The third-order valence-corrected chi connectivity index (χ3v) is 4.02. The molecule has 4 heteroatoms. The van der Waals surface area contributed by atoms with Crippen LogP contribution in [0, 0.1) is 5.92 Å². The van der Waals surface area contributed by atoms with Crippen molar-refractivity contribution < 1.29 is 0 Å². The molecule has 1 saturated heterocycles. The lowest BCUT2D eigenvalue weighted by atomic mass is 10.00. The first kappa shape index (κ1) is 11.0. The summed E-state index contributed by atoms with van der Waals surface area (Å²) >= 11 is 1.73. The molecule has 0 amide bonds. The van der Waals surface area contributed by atoms with Crippen LogP contribution in [-0.2, 0) is 6.54 Å². The molecule has 1 aliphatic heterocycles. The Hall–Kier alpha value is -1.13. The lowest BCUT2D eigenvalue weighted by molar-refractivity contribution is 0.325. The van der Waals surface area contributed by atoms with Gasteiger partial charge in [-0.25, -0.2) is 0 Å². The maximum atomic E-state index is 4.46. The van der Waals surface area contributed by atoms with Gasteiger partial charge in [-0.2, -0.15) is 16.4 Å². The second-order valence-electron chi connectivity index (χ2n) is 4.68. The zero-order chi connectivity index (χ0) is 11.5. The fourth-order valence-electron chi connectivity index (χ4n) is 2.39. The Balaban J connectivity index is 1.68. The summed E-state index contributed by atoms with van der Waals surface area (Å²) in [6.45, 7) is 3.35. The van der Waals surface area contributed by atoms with Crippen LogP contribution in [0.4, 0.5) is 0 Å². The molecule has 3 heterocycles. The van der Waals surface area contributed by atoms with E-state index in [0.717, 1.165) is 19.0 Å². The number of hydrogen-bond donors (Lipinski definition) is 1. The normalized spacial score (nSPS) is 20.6. The molecule has 0 saturated carbocycles. The van der Waals surface area contributed by atoms with Crippen molar-refractivity contribution in [3.63, 3.8) is 0 Å². The summed E-state index contributed by atoms with van der Waals surface area (Å²) in [4.78, 5) is 0. The Kier molecular flexibility index (Phi) is 3.25.